The van der Waals surface area contributed by atoms with Crippen molar-refractivity contribution in [2.45, 2.75) is 299 Å². The highest BCUT2D eigenvalue weighted by molar-refractivity contribution is 8.26. The van der Waals surface area contributed by atoms with Gasteiger partial charge in [-0.1, -0.05) is 261 Å². The summed E-state index contributed by atoms with van der Waals surface area (Å²) < 4.78 is 11.6. The normalized spacial score (nSPS) is 14.5. The Balaban J connectivity index is 0.000000623. The molecule has 7 N–H and O–H groups in total. The van der Waals surface area contributed by atoms with Crippen LogP contribution in [0, 0.1) is 67.6 Å². The van der Waals surface area contributed by atoms with E-state index in [-0.39, 0.29) is 70.4 Å². The fourth-order valence-electron chi connectivity index (χ4n) is 8.92. The van der Waals surface area contributed by atoms with E-state index in [0.717, 1.165) is 92.8 Å². The maximum atomic E-state index is 11.6. The largest absolute Gasteiger partial charge is 0.346 e. The minimum Gasteiger partial charge on any atom is -0.346 e. The summed E-state index contributed by atoms with van der Waals surface area (Å²) in [7, 11) is -2.00. The van der Waals surface area contributed by atoms with E-state index < -0.39 is 9.52 Å². The number of thioether (sulfide) groups is 1. The molecule has 112 heavy (non-hydrogen) atoms. The van der Waals surface area contributed by atoms with Crippen LogP contribution >= 0.6 is 45.4 Å². The van der Waals surface area contributed by atoms with Crippen molar-refractivity contribution in [3.8, 4) is 18.4 Å². The molecule has 0 aliphatic carbocycles. The van der Waals surface area contributed by atoms with Crippen molar-refractivity contribution in [2.24, 2.45) is 31.2 Å². The van der Waals surface area contributed by atoms with Crippen molar-refractivity contribution in [1.82, 2.24) is 69.8 Å². The Bertz CT molecular complexity index is 4450. The molecular formula is C87H140Cl2N18O2S3. The number of nitrogens with zero attached hydrogens (tertiary/aromatic N) is 11. The molecular weight excluding hydrogens is 1500 g/mol. The molecule has 0 aromatic carbocycles. The number of aromatic amines is 7. The van der Waals surface area contributed by atoms with E-state index >= 15 is 0 Å². The van der Waals surface area contributed by atoms with Gasteiger partial charge in [0.1, 0.15) is 68.5 Å². The number of H-pyrrole nitrogens is 7. The number of ketones is 1. The van der Waals surface area contributed by atoms with E-state index in [4.69, 9.17) is 34.9 Å². The first-order valence-electron chi connectivity index (χ1n) is 37.7. The Morgan fingerprint density at radius 1 is 0.500 bits per heavy atom. The molecule has 25 heteroatoms. The van der Waals surface area contributed by atoms with Crippen molar-refractivity contribution in [2.75, 3.05) is 18.8 Å². The molecule has 3 aliphatic heterocycles. The number of allylic oxidation sites excluding steroid dienone is 6. The van der Waals surface area contributed by atoms with Gasteiger partial charge in [-0.05, 0) is 46.1 Å². The van der Waals surface area contributed by atoms with Crippen molar-refractivity contribution in [3.63, 3.8) is 0 Å². The maximum Gasteiger partial charge on any atom is 0.177 e. The number of aromatic nitrogens is 14. The summed E-state index contributed by atoms with van der Waals surface area (Å²) in [6.45, 7) is 72.9. The third-order valence-electron chi connectivity index (χ3n) is 16.0. The van der Waals surface area contributed by atoms with Crippen LogP contribution in [-0.4, -0.2) is 125 Å². The number of nitrogens with one attached hydrogen (secondary N) is 7. The quantitative estimate of drug-likeness (QED) is 0.0460. The molecule has 0 amide bonds. The lowest BCUT2D eigenvalue weighted by Crippen LogP contribution is -2.13. The van der Waals surface area contributed by atoms with Gasteiger partial charge in [-0.2, -0.15) is 15.7 Å². The van der Waals surface area contributed by atoms with Crippen molar-refractivity contribution < 1.29 is 9.00 Å². The van der Waals surface area contributed by atoms with Crippen LogP contribution in [0.1, 0.15) is 319 Å². The number of imidazole rings is 7. The lowest BCUT2D eigenvalue weighted by Gasteiger charge is -2.16. The van der Waals surface area contributed by atoms with Gasteiger partial charge in [-0.15, -0.1) is 18.2 Å². The molecule has 0 bridgehead atoms. The smallest absolute Gasteiger partial charge is 0.177 e. The summed E-state index contributed by atoms with van der Waals surface area (Å²) in [4.78, 5) is 75.3. The van der Waals surface area contributed by atoms with E-state index in [9.17, 15) is 9.00 Å². The third kappa shape index (κ3) is 37.3. The molecule has 0 saturated carbocycles. The lowest BCUT2D eigenvalue weighted by molar-refractivity contribution is 0.101. The molecule has 3 aliphatic rings. The van der Waals surface area contributed by atoms with Crippen LogP contribution in [0.4, 0.5) is 0 Å². The summed E-state index contributed by atoms with van der Waals surface area (Å²) in [6.07, 6.45) is 28.9. The van der Waals surface area contributed by atoms with Crippen molar-refractivity contribution in [3.05, 3.63) is 157 Å². The van der Waals surface area contributed by atoms with Gasteiger partial charge < -0.3 is 34.9 Å². The number of rotatable bonds is 1. The predicted octanol–water partition coefficient (Wildman–Crippen LogP) is 22.7. The fourth-order valence-corrected chi connectivity index (χ4v) is 11.0. The zero-order valence-electron chi connectivity index (χ0n) is 75.4. The number of Topliss-reactive ketones (excluding diaryl/α,β-unsaturated/α-hetero) is 1. The molecule has 0 spiro atoms. The van der Waals surface area contributed by atoms with Crippen LogP contribution in [0.2, 0.25) is 10.3 Å². The molecule has 2 atom stereocenters. The molecule has 10 rings (SSSR count). The van der Waals surface area contributed by atoms with Gasteiger partial charge in [0.05, 0.1) is 39.4 Å². The van der Waals surface area contributed by atoms with Crippen LogP contribution in [0.5, 0.6) is 0 Å². The average molecular weight is 1640 g/mol. The molecule has 7 aromatic rings. The highest BCUT2D eigenvalue weighted by Gasteiger charge is 2.27. The number of hydrogen-bond acceptors (Lipinski definition) is 14. The first-order valence-corrected chi connectivity index (χ1v) is 43.6. The number of carbonyl (C=O) groups is 1. The van der Waals surface area contributed by atoms with E-state index in [2.05, 4.69) is 335 Å². The molecule has 0 saturated heterocycles. The molecule has 0 fully saturated rings. The molecule has 10 heterocycles. The number of aliphatic imine (C=N–C) groups is 3. The summed E-state index contributed by atoms with van der Waals surface area (Å²) in [5.74, 6) is 16.8. The van der Waals surface area contributed by atoms with Gasteiger partial charge in [0.25, 0.3) is 0 Å². The van der Waals surface area contributed by atoms with Crippen LogP contribution < -0.4 is 0 Å². The minimum atomic E-state index is -2.10. The Morgan fingerprint density at radius 2 is 0.866 bits per heavy atom. The number of nitriles is 1. The second kappa shape index (κ2) is 41.8. The molecule has 0 radical (unpaired) electrons. The zero-order valence-corrected chi connectivity index (χ0v) is 79.4. The maximum absolute atomic E-state index is 11.6. The first kappa shape index (κ1) is 103. The highest BCUT2D eigenvalue weighted by Crippen LogP contribution is 2.35. The fraction of sp³-hybridized carbons (Fsp3) is 0.586. The topological polar surface area (TPSA) is 296 Å². The SMILES string of the molecule is C#Cc1cnc(C(C)(C)C)[nH]1.C=S(C)(=O)C1=NC(C(C)(C)C)=CC1.C=S(C)C1=NC(C(C)(C)C)=CC1.CC(=O)c1cnc(C(C)(C)C)[nH]1.CC(C)(C)c1ncc(Cl)[nH]1.CSC1=NC(C(C)(C)C)=CC1.Cc1[nH]c(C(C)(C)C)nc1C#N.Cc1[nH]c(C(C)(C)C)nc1Cl.Cc1cnc(C(C)(C)C)[nH]1.Cc1cnc(C(C)(C)C)[nH]1. The average Bonchev–Trinajstić information content (AvgIpc) is 1.70. The third-order valence-corrected chi connectivity index (χ3v) is 19.6. The Kier molecular flexibility index (Phi) is 38.2. The van der Waals surface area contributed by atoms with Gasteiger partial charge in [-0.25, -0.2) is 39.9 Å². The van der Waals surface area contributed by atoms with E-state index in [1.54, 1.807) is 36.6 Å². The minimum absolute atomic E-state index is 0.0140. The van der Waals surface area contributed by atoms with Gasteiger partial charge >= 0.3 is 0 Å². The van der Waals surface area contributed by atoms with E-state index in [0.29, 0.717) is 28.1 Å². The Hall–Kier alpha value is -7.41. The van der Waals surface area contributed by atoms with E-state index in [1.165, 1.54) is 28.4 Å². The summed E-state index contributed by atoms with van der Waals surface area (Å²) in [5.41, 5.74) is 10.3. The number of hydrogen-bond donors (Lipinski definition) is 7. The predicted molar refractivity (Wildman–Crippen MR) is 487 cm³/mol. The summed E-state index contributed by atoms with van der Waals surface area (Å²) in [6, 6.07) is 2.05. The van der Waals surface area contributed by atoms with E-state index in [1.807, 2.05) is 52.2 Å². The monoisotopic (exact) mass is 1630 g/mol. The summed E-state index contributed by atoms with van der Waals surface area (Å²) in [5, 5.41) is 13.1. The Morgan fingerprint density at radius 3 is 1.08 bits per heavy atom. The van der Waals surface area contributed by atoms with Crippen LogP contribution in [-0.2, 0) is 47.4 Å². The standard InChI is InChI=1S/C10H17NOS.C10H17NS.C9H13N3.C9H14N2O.C9H12N2.C9H15NS.C8H13ClN2.2C8H14N2.C7H11ClN2/c1-10(2,3)8-6-7-9(11-8)13(4,5)12;1-10(2,3)8-6-7-9(11-8)12(4)5;1-6-7(5-10)12-8(11-6)9(2,3)4;1-6(12)7-5-10-8(11-7)9(2,3)4;1-5-7-6-10-8(11-7)9(2,3)4;1-9(2,3)7-5-6-8(10-7)11-4;1-5-6(9)11-7(10-5)8(2,3)4;2*1-6-5-9-7(10-6)8(2,3)4;1-7(2,3)6-9-4-5(8)10-6/h6H,4,7H2,1-3,5H3;6H,4,7H2,1-3,5H3;1-4H3,(H,11,12);5H,1-4H3,(H,10,11);1,6H,2-4H3,(H,10,11);5H,6H2,1-4H3;1-4H3,(H,10,11);2*5H,1-4H3,(H,9,10);4H,1-3H3,(H,9,10). The molecule has 622 valence electrons. The van der Waals surface area contributed by atoms with Crippen molar-refractivity contribution in [1.29, 1.82) is 5.26 Å². The first-order chi connectivity index (χ1) is 50.5. The van der Waals surface area contributed by atoms with Gasteiger partial charge in [0, 0.05) is 143 Å². The second-order valence-corrected chi connectivity index (χ2v) is 44.2. The van der Waals surface area contributed by atoms with Crippen LogP contribution in [0.3, 0.4) is 0 Å². The van der Waals surface area contributed by atoms with Crippen molar-refractivity contribution >= 4 is 87.6 Å². The number of terminal acetylenes is 1. The number of halogens is 2. The van der Waals surface area contributed by atoms with Gasteiger partial charge in [-0.3, -0.25) is 19.0 Å². The number of aryl methyl sites for hydroxylation is 4. The second-order valence-electron chi connectivity index (χ2n) is 38.3. The molecule has 7 aromatic heterocycles. The van der Waals surface area contributed by atoms with Gasteiger partial charge in [0.15, 0.2) is 11.5 Å². The van der Waals surface area contributed by atoms with Crippen LogP contribution in [0.25, 0.3) is 0 Å². The lowest BCUT2D eigenvalue weighted by atomic mass is 9.92. The zero-order chi connectivity index (χ0) is 87.3. The highest BCUT2D eigenvalue weighted by atomic mass is 35.5. The van der Waals surface area contributed by atoms with Gasteiger partial charge in [0.2, 0.25) is 0 Å². The Labute approximate surface area is 692 Å². The molecule has 2 unspecified atom stereocenters. The molecule has 20 nitrogen and oxygen atoms in total. The van der Waals surface area contributed by atoms with Crippen LogP contribution in [0.15, 0.2) is 81.3 Å². The number of carbonyl (C=O) groups excluding carboxylic acids is 1. The summed E-state index contributed by atoms with van der Waals surface area (Å²) >= 11 is 13.2.